The number of thiazole rings is 1. The summed E-state index contributed by atoms with van der Waals surface area (Å²) in [5, 5.41) is 17.6. The maximum absolute atomic E-state index is 12.4. The molecule has 0 aliphatic carbocycles. The van der Waals surface area contributed by atoms with Crippen LogP contribution < -0.4 is 10.6 Å². The van der Waals surface area contributed by atoms with Gasteiger partial charge in [0, 0.05) is 36.2 Å². The van der Waals surface area contributed by atoms with Crippen LogP contribution in [0.2, 0.25) is 0 Å². The highest BCUT2D eigenvalue weighted by Gasteiger charge is 2.09. The molecule has 0 unspecified atom stereocenters. The third-order valence-electron chi connectivity index (χ3n) is 4.41. The first kappa shape index (κ1) is 20.0. The Morgan fingerprint density at radius 1 is 1.18 bits per heavy atom. The standard InChI is InChI=1S/C22H25N3O2S/c1-15(2)18-4-3-5-19(12-18)23-13-16-6-8-17(9-7-16)21(27)25-22-24-20(10-11-26)14-28-22/h3-9,12,14-15,23,26H,10-11,13H2,1-2H3,(H,24,25,27). The first-order valence-electron chi connectivity index (χ1n) is 9.34. The number of rotatable bonds is 8. The van der Waals surface area contributed by atoms with Crippen LogP contribution in [0.4, 0.5) is 10.8 Å². The Morgan fingerprint density at radius 2 is 1.96 bits per heavy atom. The molecule has 0 aliphatic heterocycles. The van der Waals surface area contributed by atoms with Crippen molar-refractivity contribution < 1.29 is 9.90 Å². The Morgan fingerprint density at radius 3 is 2.68 bits per heavy atom. The topological polar surface area (TPSA) is 74.2 Å². The lowest BCUT2D eigenvalue weighted by Gasteiger charge is -2.11. The average Bonchev–Trinajstić information content (AvgIpc) is 3.14. The van der Waals surface area contributed by atoms with Gasteiger partial charge in [-0.3, -0.25) is 10.1 Å². The maximum Gasteiger partial charge on any atom is 0.257 e. The molecule has 1 aromatic heterocycles. The smallest absolute Gasteiger partial charge is 0.257 e. The first-order valence-corrected chi connectivity index (χ1v) is 10.2. The fraction of sp³-hybridized carbons (Fsp3) is 0.273. The van der Waals surface area contributed by atoms with Crippen LogP contribution >= 0.6 is 11.3 Å². The molecule has 1 heterocycles. The Balaban J connectivity index is 1.56. The van der Waals surface area contributed by atoms with E-state index < -0.39 is 0 Å². The van der Waals surface area contributed by atoms with Gasteiger partial charge in [0.2, 0.25) is 0 Å². The predicted octanol–water partition coefficient (Wildman–Crippen LogP) is 4.67. The summed E-state index contributed by atoms with van der Waals surface area (Å²) in [5.41, 5.74) is 4.87. The first-order chi connectivity index (χ1) is 13.5. The fourth-order valence-electron chi connectivity index (χ4n) is 2.75. The van der Waals surface area contributed by atoms with Crippen LogP contribution in [0.3, 0.4) is 0 Å². The highest BCUT2D eigenvalue weighted by atomic mass is 32.1. The molecule has 0 fully saturated rings. The predicted molar refractivity (Wildman–Crippen MR) is 115 cm³/mol. The minimum absolute atomic E-state index is 0.0500. The average molecular weight is 396 g/mol. The van der Waals surface area contributed by atoms with Crippen LogP contribution in [0.5, 0.6) is 0 Å². The van der Waals surface area contributed by atoms with Gasteiger partial charge < -0.3 is 10.4 Å². The van der Waals surface area contributed by atoms with E-state index in [0.29, 0.717) is 29.6 Å². The SMILES string of the molecule is CC(C)c1cccc(NCc2ccc(C(=O)Nc3nc(CCO)cs3)cc2)c1. The van der Waals surface area contributed by atoms with Crippen molar-refractivity contribution in [3.05, 3.63) is 76.3 Å². The molecule has 0 saturated carbocycles. The van der Waals surface area contributed by atoms with Crippen molar-refractivity contribution in [1.29, 1.82) is 0 Å². The molecule has 0 bridgehead atoms. The van der Waals surface area contributed by atoms with E-state index in [4.69, 9.17) is 5.11 Å². The zero-order valence-electron chi connectivity index (χ0n) is 16.1. The lowest BCUT2D eigenvalue weighted by molar-refractivity contribution is 0.102. The molecule has 3 N–H and O–H groups in total. The largest absolute Gasteiger partial charge is 0.396 e. The highest BCUT2D eigenvalue weighted by molar-refractivity contribution is 7.14. The highest BCUT2D eigenvalue weighted by Crippen LogP contribution is 2.20. The third kappa shape index (κ3) is 5.41. The zero-order chi connectivity index (χ0) is 19.9. The summed E-state index contributed by atoms with van der Waals surface area (Å²) in [7, 11) is 0. The van der Waals surface area contributed by atoms with Crippen LogP contribution in [0.1, 0.15) is 46.9 Å². The quantitative estimate of drug-likeness (QED) is 0.518. The second kappa shape index (κ2) is 9.48. The Hall–Kier alpha value is -2.70. The van der Waals surface area contributed by atoms with Crippen LogP contribution in [-0.2, 0) is 13.0 Å². The molecule has 0 aliphatic rings. The van der Waals surface area contributed by atoms with E-state index in [2.05, 4.69) is 53.7 Å². The number of aromatic nitrogens is 1. The lowest BCUT2D eigenvalue weighted by Crippen LogP contribution is -2.12. The lowest BCUT2D eigenvalue weighted by atomic mass is 10.0. The van der Waals surface area contributed by atoms with E-state index in [0.717, 1.165) is 16.9 Å². The second-order valence-corrected chi connectivity index (χ2v) is 7.76. The van der Waals surface area contributed by atoms with Crippen molar-refractivity contribution in [1.82, 2.24) is 4.98 Å². The van der Waals surface area contributed by atoms with E-state index in [9.17, 15) is 4.79 Å². The monoisotopic (exact) mass is 395 g/mol. The number of carbonyl (C=O) groups is 1. The molecule has 0 radical (unpaired) electrons. The van der Waals surface area contributed by atoms with E-state index >= 15 is 0 Å². The van der Waals surface area contributed by atoms with E-state index in [-0.39, 0.29) is 12.5 Å². The van der Waals surface area contributed by atoms with Crippen molar-refractivity contribution in [3.63, 3.8) is 0 Å². The molecular formula is C22H25N3O2S. The number of nitrogens with one attached hydrogen (secondary N) is 2. The zero-order valence-corrected chi connectivity index (χ0v) is 16.9. The van der Waals surface area contributed by atoms with Gasteiger partial charge in [0.15, 0.2) is 5.13 Å². The van der Waals surface area contributed by atoms with Crippen LogP contribution in [0.25, 0.3) is 0 Å². The normalized spacial score (nSPS) is 10.9. The summed E-state index contributed by atoms with van der Waals surface area (Å²) >= 11 is 1.36. The van der Waals surface area contributed by atoms with Crippen molar-refractivity contribution >= 4 is 28.1 Å². The summed E-state index contributed by atoms with van der Waals surface area (Å²) in [6, 6.07) is 16.0. The second-order valence-electron chi connectivity index (χ2n) is 6.90. The van der Waals surface area contributed by atoms with E-state index in [1.165, 1.54) is 16.9 Å². The summed E-state index contributed by atoms with van der Waals surface area (Å²) < 4.78 is 0. The van der Waals surface area contributed by atoms with Crippen LogP contribution in [0.15, 0.2) is 53.9 Å². The van der Waals surface area contributed by atoms with Crippen molar-refractivity contribution in [3.8, 4) is 0 Å². The molecule has 1 amide bonds. The number of hydrogen-bond acceptors (Lipinski definition) is 5. The Bertz CT molecular complexity index is 920. The fourth-order valence-corrected chi connectivity index (χ4v) is 3.49. The molecule has 146 valence electrons. The Labute approximate surface area is 169 Å². The summed E-state index contributed by atoms with van der Waals surface area (Å²) in [6.45, 7) is 5.11. The van der Waals surface area contributed by atoms with Gasteiger partial charge in [0.1, 0.15) is 0 Å². The maximum atomic E-state index is 12.4. The number of aliphatic hydroxyl groups excluding tert-OH is 1. The van der Waals surface area contributed by atoms with Crippen molar-refractivity contribution in [2.24, 2.45) is 0 Å². The summed E-state index contributed by atoms with van der Waals surface area (Å²) in [5.74, 6) is 0.311. The number of aliphatic hydroxyl groups is 1. The van der Waals surface area contributed by atoms with Gasteiger partial charge in [-0.25, -0.2) is 4.98 Å². The van der Waals surface area contributed by atoms with Crippen molar-refractivity contribution in [2.45, 2.75) is 32.7 Å². The van der Waals surface area contributed by atoms with Crippen LogP contribution in [-0.4, -0.2) is 22.6 Å². The molecule has 0 saturated heterocycles. The number of hydrogen-bond donors (Lipinski definition) is 3. The van der Waals surface area contributed by atoms with Gasteiger partial charge in [0.25, 0.3) is 5.91 Å². The molecule has 5 nitrogen and oxygen atoms in total. The summed E-state index contributed by atoms with van der Waals surface area (Å²) in [4.78, 5) is 16.6. The van der Waals surface area contributed by atoms with Crippen LogP contribution in [0, 0.1) is 0 Å². The van der Waals surface area contributed by atoms with Gasteiger partial charge in [-0.1, -0.05) is 38.1 Å². The number of nitrogens with zero attached hydrogens (tertiary/aromatic N) is 1. The van der Waals surface area contributed by atoms with Gasteiger partial charge in [-0.2, -0.15) is 0 Å². The van der Waals surface area contributed by atoms with Gasteiger partial charge in [-0.05, 0) is 41.3 Å². The molecule has 28 heavy (non-hydrogen) atoms. The van der Waals surface area contributed by atoms with Gasteiger partial charge in [0.05, 0.1) is 5.69 Å². The molecule has 3 aromatic rings. The third-order valence-corrected chi connectivity index (χ3v) is 5.21. The van der Waals surface area contributed by atoms with E-state index in [1.807, 2.05) is 29.6 Å². The molecule has 6 heteroatoms. The minimum Gasteiger partial charge on any atom is -0.396 e. The molecule has 3 rings (SSSR count). The number of anilines is 2. The van der Waals surface area contributed by atoms with Crippen molar-refractivity contribution in [2.75, 3.05) is 17.2 Å². The molecule has 2 aromatic carbocycles. The number of benzene rings is 2. The Kier molecular flexibility index (Phi) is 6.79. The van der Waals surface area contributed by atoms with Gasteiger partial charge >= 0.3 is 0 Å². The molecule has 0 spiro atoms. The minimum atomic E-state index is -0.186. The van der Waals surface area contributed by atoms with E-state index in [1.54, 1.807) is 0 Å². The number of carbonyl (C=O) groups excluding carboxylic acids is 1. The summed E-state index contributed by atoms with van der Waals surface area (Å²) in [6.07, 6.45) is 0.494. The molecule has 0 atom stereocenters. The number of amides is 1. The van der Waals surface area contributed by atoms with Gasteiger partial charge in [-0.15, -0.1) is 11.3 Å². The molecular weight excluding hydrogens is 370 g/mol.